The fourth-order valence-corrected chi connectivity index (χ4v) is 6.62. The summed E-state index contributed by atoms with van der Waals surface area (Å²) in [4.78, 5) is 40.1. The van der Waals surface area contributed by atoms with Crippen LogP contribution in [-0.4, -0.2) is 67.1 Å². The molecular formula is C25H28N2O6S2. The highest BCUT2D eigenvalue weighted by Gasteiger charge is 2.42. The van der Waals surface area contributed by atoms with Crippen molar-refractivity contribution in [1.82, 2.24) is 4.90 Å². The maximum atomic E-state index is 12.8. The van der Waals surface area contributed by atoms with Gasteiger partial charge in [0.15, 0.2) is 16.4 Å². The molecular weight excluding hydrogens is 488 g/mol. The molecule has 1 aliphatic heterocycles. The Balaban J connectivity index is 1.33. The number of ether oxygens (including phenoxy) is 1. The molecule has 1 N–H and O–H groups in total. The predicted molar refractivity (Wildman–Crippen MR) is 134 cm³/mol. The fraction of sp³-hybridized carbons (Fsp3) is 0.400. The number of aryl methyl sites for hydroxylation is 1. The number of nitrogens with zero attached hydrogens (tertiary/aromatic N) is 1. The van der Waals surface area contributed by atoms with Gasteiger partial charge in [0.2, 0.25) is 5.91 Å². The molecule has 2 fully saturated rings. The molecule has 35 heavy (non-hydrogen) atoms. The van der Waals surface area contributed by atoms with E-state index < -0.39 is 22.4 Å². The molecule has 4 rings (SSSR count). The summed E-state index contributed by atoms with van der Waals surface area (Å²) in [5.74, 6) is -1.09. The lowest BCUT2D eigenvalue weighted by atomic mass is 10.2. The van der Waals surface area contributed by atoms with Crippen molar-refractivity contribution in [2.24, 2.45) is 0 Å². The molecule has 1 saturated carbocycles. The molecule has 1 heterocycles. The zero-order valence-electron chi connectivity index (χ0n) is 19.4. The summed E-state index contributed by atoms with van der Waals surface area (Å²) in [6, 6.07) is 13.9. The summed E-state index contributed by atoms with van der Waals surface area (Å²) >= 11 is 1.21. The largest absolute Gasteiger partial charge is 0.452 e. The second-order valence-electron chi connectivity index (χ2n) is 8.86. The molecule has 2 aliphatic rings. The zero-order chi connectivity index (χ0) is 25.0. The molecule has 0 unspecified atom stereocenters. The number of hydrogen-bond donors (Lipinski definition) is 1. The topological polar surface area (TPSA) is 110 Å². The highest BCUT2D eigenvalue weighted by atomic mass is 32.2. The quantitative estimate of drug-likeness (QED) is 0.403. The fourth-order valence-electron chi connectivity index (χ4n) is 4.07. The third-order valence-corrected chi connectivity index (χ3v) is 8.78. The van der Waals surface area contributed by atoms with Crippen LogP contribution < -0.4 is 5.32 Å². The monoisotopic (exact) mass is 516 g/mol. The van der Waals surface area contributed by atoms with E-state index in [1.807, 2.05) is 31.2 Å². The van der Waals surface area contributed by atoms with E-state index in [9.17, 15) is 22.8 Å². The molecule has 0 spiro atoms. The lowest BCUT2D eigenvalue weighted by Crippen LogP contribution is -2.44. The van der Waals surface area contributed by atoms with E-state index in [1.54, 1.807) is 29.2 Å². The predicted octanol–water partition coefficient (Wildman–Crippen LogP) is 3.06. The summed E-state index contributed by atoms with van der Waals surface area (Å²) in [7, 11) is -3.13. The lowest BCUT2D eigenvalue weighted by molar-refractivity contribution is -0.137. The molecule has 0 aromatic heterocycles. The molecule has 8 nitrogen and oxygen atoms in total. The van der Waals surface area contributed by atoms with Crippen molar-refractivity contribution in [3.05, 3.63) is 59.7 Å². The summed E-state index contributed by atoms with van der Waals surface area (Å²) < 4.78 is 29.1. The summed E-state index contributed by atoms with van der Waals surface area (Å²) in [5, 5.41) is 2.82. The van der Waals surface area contributed by atoms with Crippen LogP contribution in [0.1, 0.15) is 35.2 Å². The first-order chi connectivity index (χ1) is 16.7. The van der Waals surface area contributed by atoms with Crippen molar-refractivity contribution >= 4 is 45.1 Å². The Labute approximate surface area is 209 Å². The van der Waals surface area contributed by atoms with Gasteiger partial charge >= 0.3 is 5.97 Å². The van der Waals surface area contributed by atoms with Crippen LogP contribution in [0.4, 0.5) is 5.69 Å². The number of sulfone groups is 1. The third kappa shape index (κ3) is 6.85. The van der Waals surface area contributed by atoms with E-state index in [0.29, 0.717) is 17.0 Å². The number of carbonyl (C=O) groups is 3. The zero-order valence-corrected chi connectivity index (χ0v) is 21.1. The number of hydrogen-bond acceptors (Lipinski definition) is 7. The number of esters is 1. The van der Waals surface area contributed by atoms with Gasteiger partial charge in [-0.3, -0.25) is 9.59 Å². The van der Waals surface area contributed by atoms with E-state index in [-0.39, 0.29) is 46.7 Å². The number of benzene rings is 2. The molecule has 2 aromatic rings. The normalized spacial score (nSPS) is 18.6. The molecule has 2 amide bonds. The Morgan fingerprint density at radius 3 is 2.40 bits per heavy atom. The van der Waals surface area contributed by atoms with Gasteiger partial charge in [-0.25, -0.2) is 13.2 Å². The van der Waals surface area contributed by atoms with Gasteiger partial charge in [-0.05, 0) is 50.5 Å². The van der Waals surface area contributed by atoms with E-state index in [0.717, 1.165) is 18.4 Å². The smallest absolute Gasteiger partial charge is 0.339 e. The minimum atomic E-state index is -3.13. The van der Waals surface area contributed by atoms with Crippen LogP contribution in [0.5, 0.6) is 0 Å². The van der Waals surface area contributed by atoms with Crippen molar-refractivity contribution < 1.29 is 27.5 Å². The van der Waals surface area contributed by atoms with Crippen LogP contribution >= 0.6 is 11.8 Å². The third-order valence-electron chi connectivity index (χ3n) is 5.96. The van der Waals surface area contributed by atoms with Gasteiger partial charge in [0.05, 0.1) is 22.8 Å². The summed E-state index contributed by atoms with van der Waals surface area (Å²) in [6.07, 6.45) is 2.09. The highest BCUT2D eigenvalue weighted by molar-refractivity contribution is 8.00. The molecule has 1 aliphatic carbocycles. The number of amides is 2. The number of anilines is 1. The van der Waals surface area contributed by atoms with E-state index in [2.05, 4.69) is 5.32 Å². The second kappa shape index (κ2) is 10.8. The van der Waals surface area contributed by atoms with Gasteiger partial charge in [-0.1, -0.05) is 29.8 Å². The van der Waals surface area contributed by atoms with Crippen LogP contribution in [0, 0.1) is 6.92 Å². The van der Waals surface area contributed by atoms with Gasteiger partial charge in [-0.15, -0.1) is 11.8 Å². The minimum absolute atomic E-state index is 0.0226. The SMILES string of the molecule is Cc1ccc(NC(=O)CSc2ccccc2C(=O)OCC(=O)N(C2CC2)[C@H]2CCS(=O)(=O)C2)cc1. The van der Waals surface area contributed by atoms with Gasteiger partial charge < -0.3 is 15.0 Å². The van der Waals surface area contributed by atoms with Crippen LogP contribution in [0.3, 0.4) is 0 Å². The average molecular weight is 517 g/mol. The molecule has 2 aromatic carbocycles. The van der Waals surface area contributed by atoms with Crippen molar-refractivity contribution in [3.63, 3.8) is 0 Å². The summed E-state index contributed by atoms with van der Waals surface area (Å²) in [6.45, 7) is 1.52. The highest BCUT2D eigenvalue weighted by Crippen LogP contribution is 2.32. The molecule has 0 radical (unpaired) electrons. The molecule has 186 valence electrons. The van der Waals surface area contributed by atoms with Gasteiger partial charge in [-0.2, -0.15) is 0 Å². The van der Waals surface area contributed by atoms with Crippen LogP contribution in [-0.2, 0) is 24.2 Å². The van der Waals surface area contributed by atoms with Gasteiger partial charge in [0, 0.05) is 22.7 Å². The number of nitrogens with one attached hydrogen (secondary N) is 1. The maximum absolute atomic E-state index is 12.8. The van der Waals surface area contributed by atoms with Crippen molar-refractivity contribution in [2.75, 3.05) is 29.2 Å². The van der Waals surface area contributed by atoms with Gasteiger partial charge in [0.1, 0.15) is 0 Å². The first kappa shape index (κ1) is 25.2. The van der Waals surface area contributed by atoms with Crippen LogP contribution in [0.2, 0.25) is 0 Å². The van der Waals surface area contributed by atoms with E-state index >= 15 is 0 Å². The molecule has 0 bridgehead atoms. The van der Waals surface area contributed by atoms with Crippen molar-refractivity contribution in [1.29, 1.82) is 0 Å². The van der Waals surface area contributed by atoms with Crippen LogP contribution in [0.15, 0.2) is 53.4 Å². The van der Waals surface area contributed by atoms with Crippen molar-refractivity contribution in [2.45, 2.75) is 43.2 Å². The Morgan fingerprint density at radius 2 is 1.74 bits per heavy atom. The van der Waals surface area contributed by atoms with E-state index in [4.69, 9.17) is 4.74 Å². The average Bonchev–Trinajstić information content (AvgIpc) is 3.60. The minimum Gasteiger partial charge on any atom is -0.452 e. The Hall–Kier alpha value is -2.85. The van der Waals surface area contributed by atoms with Crippen LogP contribution in [0.25, 0.3) is 0 Å². The standard InChI is InChI=1S/C25H28N2O6S2/c1-17-6-8-18(9-7-17)26-23(28)15-34-22-5-3-2-4-21(22)25(30)33-14-24(29)27(19-10-11-19)20-12-13-35(31,32)16-20/h2-9,19-20H,10-16H2,1H3,(H,26,28)/t20-/m0/s1. The Morgan fingerprint density at radius 1 is 1.03 bits per heavy atom. The molecule has 10 heteroatoms. The lowest BCUT2D eigenvalue weighted by Gasteiger charge is -2.28. The number of rotatable bonds is 9. The number of carbonyl (C=O) groups excluding carboxylic acids is 3. The maximum Gasteiger partial charge on any atom is 0.339 e. The van der Waals surface area contributed by atoms with E-state index in [1.165, 1.54) is 11.8 Å². The Kier molecular flexibility index (Phi) is 7.81. The van der Waals surface area contributed by atoms with Gasteiger partial charge in [0.25, 0.3) is 5.91 Å². The van der Waals surface area contributed by atoms with Crippen molar-refractivity contribution in [3.8, 4) is 0 Å². The first-order valence-electron chi connectivity index (χ1n) is 11.5. The Bertz CT molecular complexity index is 1210. The first-order valence-corrected chi connectivity index (χ1v) is 14.3. The molecule has 1 saturated heterocycles. The molecule has 1 atom stereocenters. The second-order valence-corrected chi connectivity index (χ2v) is 12.1. The number of thioether (sulfide) groups is 1. The summed E-state index contributed by atoms with van der Waals surface area (Å²) in [5.41, 5.74) is 2.06.